The van der Waals surface area contributed by atoms with E-state index in [4.69, 9.17) is 0 Å². The minimum Gasteiger partial charge on any atom is -0.341 e. The molecule has 1 unspecified atom stereocenters. The van der Waals surface area contributed by atoms with Crippen LogP contribution in [0, 0.1) is 0 Å². The van der Waals surface area contributed by atoms with Gasteiger partial charge in [-0.3, -0.25) is 4.79 Å². The molecule has 3 nitrogen and oxygen atoms in total. The summed E-state index contributed by atoms with van der Waals surface area (Å²) < 4.78 is 1.07. The van der Waals surface area contributed by atoms with Crippen LogP contribution in [0.2, 0.25) is 0 Å². The van der Waals surface area contributed by atoms with Gasteiger partial charge in [-0.1, -0.05) is 28.1 Å². The van der Waals surface area contributed by atoms with Crippen molar-refractivity contribution in [2.75, 3.05) is 20.1 Å². The molecule has 98 valence electrons. The number of hydrogen-bond donors (Lipinski definition) is 1. The molecule has 1 saturated heterocycles. The number of benzene rings is 1. The largest absolute Gasteiger partial charge is 0.341 e. The third-order valence-corrected chi connectivity index (χ3v) is 3.99. The Balaban J connectivity index is 1.84. The number of nitrogens with zero attached hydrogens (tertiary/aromatic N) is 1. The van der Waals surface area contributed by atoms with Crippen LogP contribution in [0.1, 0.15) is 18.4 Å². The number of hydrogen-bond acceptors (Lipinski definition) is 2. The second-order valence-corrected chi connectivity index (χ2v) is 5.70. The minimum absolute atomic E-state index is 0.240. The summed E-state index contributed by atoms with van der Waals surface area (Å²) in [6.07, 6.45) is 2.46. The molecule has 0 radical (unpaired) electrons. The van der Waals surface area contributed by atoms with Gasteiger partial charge >= 0.3 is 0 Å². The van der Waals surface area contributed by atoms with E-state index in [0.29, 0.717) is 12.5 Å². The Hall–Kier alpha value is -0.870. The predicted octanol–water partition coefficient (Wildman–Crippen LogP) is 2.20. The van der Waals surface area contributed by atoms with Crippen molar-refractivity contribution in [3.8, 4) is 0 Å². The predicted molar refractivity (Wildman–Crippen MR) is 76.5 cm³/mol. The maximum absolute atomic E-state index is 12.1. The summed E-state index contributed by atoms with van der Waals surface area (Å²) in [5.41, 5.74) is 1.20. The van der Waals surface area contributed by atoms with Crippen LogP contribution in [0.4, 0.5) is 0 Å². The van der Waals surface area contributed by atoms with Crippen LogP contribution in [-0.4, -0.2) is 37.0 Å². The van der Waals surface area contributed by atoms with Crippen molar-refractivity contribution >= 4 is 21.8 Å². The molecule has 1 aromatic rings. The van der Waals surface area contributed by atoms with Gasteiger partial charge < -0.3 is 10.2 Å². The molecule has 0 aliphatic carbocycles. The maximum atomic E-state index is 12.1. The Labute approximate surface area is 117 Å². The van der Waals surface area contributed by atoms with Crippen LogP contribution in [0.25, 0.3) is 0 Å². The van der Waals surface area contributed by atoms with Gasteiger partial charge in [0.25, 0.3) is 0 Å². The van der Waals surface area contributed by atoms with Crippen LogP contribution in [0.15, 0.2) is 28.7 Å². The van der Waals surface area contributed by atoms with E-state index in [-0.39, 0.29) is 5.91 Å². The number of carbonyl (C=O) groups excluding carboxylic acids is 1. The van der Waals surface area contributed by atoms with Gasteiger partial charge in [-0.25, -0.2) is 0 Å². The Morgan fingerprint density at radius 2 is 2.39 bits per heavy atom. The zero-order valence-electron chi connectivity index (χ0n) is 10.7. The summed E-state index contributed by atoms with van der Waals surface area (Å²) in [5.74, 6) is 0.240. The molecule has 1 aromatic carbocycles. The van der Waals surface area contributed by atoms with Gasteiger partial charge in [0, 0.05) is 30.5 Å². The zero-order valence-corrected chi connectivity index (χ0v) is 12.2. The fraction of sp³-hybridized carbons (Fsp3) is 0.500. The first-order chi connectivity index (χ1) is 8.66. The van der Waals surface area contributed by atoms with E-state index in [0.717, 1.165) is 30.4 Å². The SMILES string of the molecule is CN(C(=O)CCc1cccc(Br)c1)C1CCNC1. The first-order valence-corrected chi connectivity index (χ1v) is 7.17. The lowest BCUT2D eigenvalue weighted by Crippen LogP contribution is -2.38. The first-order valence-electron chi connectivity index (χ1n) is 6.37. The summed E-state index contributed by atoms with van der Waals surface area (Å²) in [7, 11) is 1.92. The molecule has 1 aliphatic heterocycles. The topological polar surface area (TPSA) is 32.3 Å². The van der Waals surface area contributed by atoms with Crippen molar-refractivity contribution < 1.29 is 4.79 Å². The Morgan fingerprint density at radius 3 is 3.06 bits per heavy atom. The number of carbonyl (C=O) groups is 1. The summed E-state index contributed by atoms with van der Waals surface area (Å²) >= 11 is 3.45. The first kappa shape index (κ1) is 13.6. The summed E-state index contributed by atoms with van der Waals surface area (Å²) in [5, 5.41) is 3.29. The molecule has 4 heteroatoms. The van der Waals surface area contributed by atoms with Crippen LogP contribution in [0.5, 0.6) is 0 Å². The molecule has 1 aliphatic rings. The van der Waals surface area contributed by atoms with E-state index in [1.807, 2.05) is 24.1 Å². The quantitative estimate of drug-likeness (QED) is 0.924. The Kier molecular flexibility index (Phi) is 4.78. The van der Waals surface area contributed by atoms with Crippen molar-refractivity contribution in [1.29, 1.82) is 0 Å². The third-order valence-electron chi connectivity index (χ3n) is 3.49. The molecule has 2 rings (SSSR count). The van der Waals surface area contributed by atoms with Crippen LogP contribution in [0.3, 0.4) is 0 Å². The van der Waals surface area contributed by atoms with Gasteiger partial charge in [0.15, 0.2) is 0 Å². The van der Waals surface area contributed by atoms with Gasteiger partial charge in [0.05, 0.1) is 0 Å². The number of aryl methyl sites for hydroxylation is 1. The molecule has 18 heavy (non-hydrogen) atoms. The van der Waals surface area contributed by atoms with Gasteiger partial charge in [0.1, 0.15) is 0 Å². The fourth-order valence-corrected chi connectivity index (χ4v) is 2.74. The standard InChI is InChI=1S/C14H19BrN2O/c1-17(13-7-8-16-10-13)14(18)6-5-11-3-2-4-12(15)9-11/h2-4,9,13,16H,5-8,10H2,1H3. The lowest BCUT2D eigenvalue weighted by atomic mass is 10.1. The summed E-state index contributed by atoms with van der Waals surface area (Å²) in [6, 6.07) is 8.52. The Morgan fingerprint density at radius 1 is 1.56 bits per heavy atom. The van der Waals surface area contributed by atoms with Gasteiger partial charge in [-0.05, 0) is 37.1 Å². The number of amides is 1. The minimum atomic E-state index is 0.240. The second-order valence-electron chi connectivity index (χ2n) is 4.78. The van der Waals surface area contributed by atoms with Crippen molar-refractivity contribution in [2.45, 2.75) is 25.3 Å². The molecular formula is C14H19BrN2O. The molecule has 0 bridgehead atoms. The number of rotatable bonds is 4. The second kappa shape index (κ2) is 6.34. The average molecular weight is 311 g/mol. The molecule has 1 N–H and O–H groups in total. The highest BCUT2D eigenvalue weighted by Gasteiger charge is 2.22. The molecule has 1 heterocycles. The molecule has 1 atom stereocenters. The molecular weight excluding hydrogens is 292 g/mol. The van der Waals surface area contributed by atoms with E-state index in [9.17, 15) is 4.79 Å². The molecule has 1 fully saturated rings. The molecule has 1 amide bonds. The molecule has 0 saturated carbocycles. The zero-order chi connectivity index (χ0) is 13.0. The van der Waals surface area contributed by atoms with Gasteiger partial charge in [-0.2, -0.15) is 0 Å². The number of halogens is 1. The van der Waals surface area contributed by atoms with E-state index >= 15 is 0 Å². The monoisotopic (exact) mass is 310 g/mol. The lowest BCUT2D eigenvalue weighted by Gasteiger charge is -2.23. The van der Waals surface area contributed by atoms with Crippen molar-refractivity contribution in [1.82, 2.24) is 10.2 Å². The van der Waals surface area contributed by atoms with Crippen LogP contribution >= 0.6 is 15.9 Å². The number of likely N-dealkylation sites (N-methyl/N-ethyl adjacent to an activating group) is 1. The normalized spacial score (nSPS) is 18.9. The fourth-order valence-electron chi connectivity index (χ4n) is 2.29. The molecule has 0 spiro atoms. The molecule has 0 aromatic heterocycles. The van der Waals surface area contributed by atoms with Gasteiger partial charge in [-0.15, -0.1) is 0 Å². The van der Waals surface area contributed by atoms with E-state index in [1.54, 1.807) is 0 Å². The van der Waals surface area contributed by atoms with E-state index in [2.05, 4.69) is 33.4 Å². The van der Waals surface area contributed by atoms with Crippen LogP contribution < -0.4 is 5.32 Å². The third kappa shape index (κ3) is 3.56. The summed E-state index contributed by atoms with van der Waals surface area (Å²) in [6.45, 7) is 1.95. The highest BCUT2D eigenvalue weighted by Crippen LogP contribution is 2.14. The van der Waals surface area contributed by atoms with Crippen LogP contribution in [-0.2, 0) is 11.2 Å². The van der Waals surface area contributed by atoms with E-state index in [1.165, 1.54) is 5.56 Å². The van der Waals surface area contributed by atoms with Gasteiger partial charge in [0.2, 0.25) is 5.91 Å². The van der Waals surface area contributed by atoms with Crippen molar-refractivity contribution in [3.05, 3.63) is 34.3 Å². The maximum Gasteiger partial charge on any atom is 0.222 e. The van der Waals surface area contributed by atoms with E-state index < -0.39 is 0 Å². The lowest BCUT2D eigenvalue weighted by molar-refractivity contribution is -0.131. The smallest absolute Gasteiger partial charge is 0.222 e. The van der Waals surface area contributed by atoms with Crippen molar-refractivity contribution in [2.24, 2.45) is 0 Å². The Bertz CT molecular complexity index is 416. The highest BCUT2D eigenvalue weighted by atomic mass is 79.9. The highest BCUT2D eigenvalue weighted by molar-refractivity contribution is 9.10. The summed E-state index contributed by atoms with van der Waals surface area (Å²) in [4.78, 5) is 14.0. The van der Waals surface area contributed by atoms with Crippen molar-refractivity contribution in [3.63, 3.8) is 0 Å². The number of nitrogens with one attached hydrogen (secondary N) is 1. The average Bonchev–Trinajstić information content (AvgIpc) is 2.89.